The minimum atomic E-state index is 1.26. The van der Waals surface area contributed by atoms with Crippen molar-refractivity contribution in [3.05, 3.63) is 36.5 Å². The number of hydrogen-bond acceptors (Lipinski definition) is 1. The summed E-state index contributed by atoms with van der Waals surface area (Å²) < 4.78 is 2.14. The third-order valence-electron chi connectivity index (χ3n) is 2.50. The van der Waals surface area contributed by atoms with Crippen molar-refractivity contribution in [1.29, 1.82) is 0 Å². The van der Waals surface area contributed by atoms with Gasteiger partial charge in [-0.05, 0) is 6.07 Å². The smallest absolute Gasteiger partial charge is 0.214 e. The van der Waals surface area contributed by atoms with Gasteiger partial charge >= 0.3 is 0 Å². The number of hydrogen-bond donors (Lipinski definition) is 0. The van der Waals surface area contributed by atoms with Crippen molar-refractivity contribution in [2.45, 2.75) is 0 Å². The summed E-state index contributed by atoms with van der Waals surface area (Å²) in [5, 5.41) is 1.29. The van der Waals surface area contributed by atoms with Crippen LogP contribution in [-0.4, -0.2) is 14.1 Å². The maximum absolute atomic E-state index is 2.16. The summed E-state index contributed by atoms with van der Waals surface area (Å²) in [5.41, 5.74) is 2.53. The molecule has 0 aliphatic carbocycles. The summed E-state index contributed by atoms with van der Waals surface area (Å²) in [6.07, 6.45) is 2.09. The van der Waals surface area contributed by atoms with Crippen LogP contribution in [0, 0.1) is 0 Å². The monoisotopic (exact) mass is 187 g/mol. The fourth-order valence-corrected chi connectivity index (χ4v) is 1.74. The van der Waals surface area contributed by atoms with Gasteiger partial charge in [-0.2, -0.15) is 0 Å². The largest absolute Gasteiger partial charge is 0.377 e. The van der Waals surface area contributed by atoms with E-state index in [1.807, 2.05) is 0 Å². The Hall–Kier alpha value is -1.57. The zero-order valence-electron chi connectivity index (χ0n) is 8.86. The number of anilines is 1. The summed E-state index contributed by atoms with van der Waals surface area (Å²) in [4.78, 5) is 2.14. The molecule has 2 nitrogen and oxygen atoms in total. The van der Waals surface area contributed by atoms with E-state index in [0.29, 0.717) is 0 Å². The summed E-state index contributed by atoms with van der Waals surface area (Å²) >= 11 is 0. The van der Waals surface area contributed by atoms with Crippen LogP contribution in [0.1, 0.15) is 0 Å². The molecule has 0 unspecified atom stereocenters. The highest BCUT2D eigenvalue weighted by Gasteiger charge is 2.09. The Morgan fingerprint density at radius 3 is 2.50 bits per heavy atom. The lowest BCUT2D eigenvalue weighted by Crippen LogP contribution is -2.28. The molecule has 1 heterocycles. The van der Waals surface area contributed by atoms with Crippen LogP contribution in [-0.2, 0) is 7.05 Å². The zero-order chi connectivity index (χ0) is 10.1. The Bertz CT molecular complexity index is 461. The van der Waals surface area contributed by atoms with Crippen molar-refractivity contribution in [1.82, 2.24) is 0 Å². The van der Waals surface area contributed by atoms with Crippen molar-refractivity contribution < 1.29 is 4.57 Å². The lowest BCUT2D eigenvalue weighted by molar-refractivity contribution is -0.644. The van der Waals surface area contributed by atoms with E-state index in [9.17, 15) is 0 Å². The van der Waals surface area contributed by atoms with Crippen molar-refractivity contribution >= 4 is 16.6 Å². The first kappa shape index (κ1) is 9.00. The molecule has 0 spiro atoms. The number of rotatable bonds is 1. The van der Waals surface area contributed by atoms with Crippen LogP contribution < -0.4 is 9.47 Å². The van der Waals surface area contributed by atoms with E-state index in [0.717, 1.165) is 0 Å². The molecule has 0 saturated carbocycles. The second-order valence-electron chi connectivity index (χ2n) is 3.72. The Morgan fingerprint density at radius 1 is 1.07 bits per heavy atom. The summed E-state index contributed by atoms with van der Waals surface area (Å²) in [6, 6.07) is 10.6. The van der Waals surface area contributed by atoms with Crippen LogP contribution >= 0.6 is 0 Å². The molecule has 0 saturated heterocycles. The topological polar surface area (TPSA) is 7.12 Å². The average Bonchev–Trinajstić information content (AvgIpc) is 2.18. The van der Waals surface area contributed by atoms with E-state index in [1.54, 1.807) is 0 Å². The van der Waals surface area contributed by atoms with E-state index in [-0.39, 0.29) is 0 Å². The van der Waals surface area contributed by atoms with Crippen molar-refractivity contribution in [3.63, 3.8) is 0 Å². The molecule has 0 amide bonds. The maximum atomic E-state index is 2.16. The number of pyridine rings is 1. The SMILES string of the molecule is CN(C)c1cc[n+](C)c2ccccc12. The van der Waals surface area contributed by atoms with E-state index in [2.05, 4.69) is 67.1 Å². The molecule has 1 aromatic carbocycles. The Kier molecular flexibility index (Phi) is 2.12. The molecule has 0 N–H and O–H groups in total. The number of benzene rings is 1. The molecular weight excluding hydrogens is 172 g/mol. The predicted octanol–water partition coefficient (Wildman–Crippen LogP) is 1.73. The first-order chi connectivity index (χ1) is 6.70. The van der Waals surface area contributed by atoms with Crippen LogP contribution in [0.5, 0.6) is 0 Å². The van der Waals surface area contributed by atoms with Crippen LogP contribution in [0.4, 0.5) is 5.69 Å². The standard InChI is InChI=1S/C12H15N2/c1-13(2)11-8-9-14(3)12-7-5-4-6-10(11)12/h4-9H,1-3H3/q+1. The lowest BCUT2D eigenvalue weighted by atomic mass is 10.2. The third kappa shape index (κ3) is 1.33. The zero-order valence-corrected chi connectivity index (χ0v) is 8.86. The molecule has 0 fully saturated rings. The molecule has 14 heavy (non-hydrogen) atoms. The molecule has 2 rings (SSSR count). The normalized spacial score (nSPS) is 10.5. The van der Waals surface area contributed by atoms with Gasteiger partial charge in [-0.25, -0.2) is 4.57 Å². The third-order valence-corrected chi connectivity index (χ3v) is 2.50. The Morgan fingerprint density at radius 2 is 1.79 bits per heavy atom. The minimum Gasteiger partial charge on any atom is -0.377 e. The highest BCUT2D eigenvalue weighted by molar-refractivity contribution is 5.89. The number of nitrogens with zero attached hydrogens (tertiary/aromatic N) is 2. The van der Waals surface area contributed by atoms with Crippen molar-refractivity contribution in [3.8, 4) is 0 Å². The van der Waals surface area contributed by atoms with E-state index in [1.165, 1.54) is 16.6 Å². The van der Waals surface area contributed by atoms with Gasteiger partial charge in [-0.3, -0.25) is 0 Å². The van der Waals surface area contributed by atoms with Gasteiger partial charge in [0.2, 0.25) is 5.52 Å². The molecule has 72 valence electrons. The highest BCUT2D eigenvalue weighted by atomic mass is 15.1. The average molecular weight is 187 g/mol. The first-order valence-corrected chi connectivity index (χ1v) is 4.75. The van der Waals surface area contributed by atoms with Crippen molar-refractivity contribution in [2.75, 3.05) is 19.0 Å². The van der Waals surface area contributed by atoms with Crippen molar-refractivity contribution in [2.24, 2.45) is 7.05 Å². The molecule has 0 atom stereocenters. The van der Waals surface area contributed by atoms with E-state index >= 15 is 0 Å². The Labute approximate surface area is 84.4 Å². The quantitative estimate of drug-likeness (QED) is 0.617. The van der Waals surface area contributed by atoms with Crippen LogP contribution in [0.3, 0.4) is 0 Å². The Balaban J connectivity index is 2.82. The second-order valence-corrected chi connectivity index (χ2v) is 3.72. The van der Waals surface area contributed by atoms with Crippen LogP contribution in [0.2, 0.25) is 0 Å². The molecule has 2 heteroatoms. The van der Waals surface area contributed by atoms with Gasteiger partial charge in [-0.1, -0.05) is 12.1 Å². The molecule has 0 bridgehead atoms. The minimum absolute atomic E-state index is 1.26. The van der Waals surface area contributed by atoms with Gasteiger partial charge in [0, 0.05) is 26.2 Å². The summed E-state index contributed by atoms with van der Waals surface area (Å²) in [7, 11) is 6.21. The van der Waals surface area contributed by atoms with Gasteiger partial charge in [0.15, 0.2) is 6.20 Å². The second kappa shape index (κ2) is 3.29. The predicted molar refractivity (Wildman–Crippen MR) is 59.5 cm³/mol. The maximum Gasteiger partial charge on any atom is 0.214 e. The number of para-hydroxylation sites is 1. The number of aryl methyl sites for hydroxylation is 1. The van der Waals surface area contributed by atoms with Gasteiger partial charge in [0.1, 0.15) is 7.05 Å². The first-order valence-electron chi connectivity index (χ1n) is 4.75. The lowest BCUT2D eigenvalue weighted by Gasteiger charge is -2.13. The molecule has 2 aromatic rings. The molecule has 0 aliphatic heterocycles. The molecular formula is C12H15N2+. The van der Waals surface area contributed by atoms with Gasteiger partial charge in [0.25, 0.3) is 0 Å². The van der Waals surface area contributed by atoms with Gasteiger partial charge < -0.3 is 4.90 Å². The summed E-state index contributed by atoms with van der Waals surface area (Å²) in [6.45, 7) is 0. The highest BCUT2D eigenvalue weighted by Crippen LogP contribution is 2.21. The van der Waals surface area contributed by atoms with Gasteiger partial charge in [0.05, 0.1) is 11.1 Å². The fourth-order valence-electron chi connectivity index (χ4n) is 1.74. The summed E-state index contributed by atoms with van der Waals surface area (Å²) in [5.74, 6) is 0. The molecule has 0 radical (unpaired) electrons. The molecule has 0 aliphatic rings. The number of aromatic nitrogens is 1. The fraction of sp³-hybridized carbons (Fsp3) is 0.250. The van der Waals surface area contributed by atoms with E-state index < -0.39 is 0 Å². The van der Waals surface area contributed by atoms with E-state index in [4.69, 9.17) is 0 Å². The van der Waals surface area contributed by atoms with Gasteiger partial charge in [-0.15, -0.1) is 0 Å². The number of fused-ring (bicyclic) bond motifs is 1. The van der Waals surface area contributed by atoms with Crippen LogP contribution in [0.15, 0.2) is 36.5 Å². The molecule has 1 aromatic heterocycles. The van der Waals surface area contributed by atoms with Crippen LogP contribution in [0.25, 0.3) is 10.9 Å².